The molecule has 2 amide bonds. The fourth-order valence-electron chi connectivity index (χ4n) is 3.94. The number of ether oxygens (including phenoxy) is 1. The van der Waals surface area contributed by atoms with Gasteiger partial charge >= 0.3 is 0 Å². The lowest BCUT2D eigenvalue weighted by Gasteiger charge is -2.42. The molecular weight excluding hydrogens is 304 g/mol. The van der Waals surface area contributed by atoms with Crippen molar-refractivity contribution in [2.24, 2.45) is 11.1 Å². The highest BCUT2D eigenvalue weighted by Crippen LogP contribution is 2.50. The molecule has 0 aromatic heterocycles. The van der Waals surface area contributed by atoms with Gasteiger partial charge in [0.15, 0.2) is 0 Å². The minimum Gasteiger partial charge on any atom is -0.385 e. The highest BCUT2D eigenvalue weighted by atomic mass is 16.5. The summed E-state index contributed by atoms with van der Waals surface area (Å²) < 4.78 is 5.15. The van der Waals surface area contributed by atoms with E-state index < -0.39 is 5.41 Å². The number of rotatable bonds is 6. The Labute approximate surface area is 143 Å². The summed E-state index contributed by atoms with van der Waals surface area (Å²) in [7, 11) is 1.62. The maximum atomic E-state index is 13.2. The molecule has 130 valence electrons. The van der Waals surface area contributed by atoms with Gasteiger partial charge in [0.25, 0.3) is 0 Å². The molecule has 0 spiro atoms. The van der Waals surface area contributed by atoms with Crippen molar-refractivity contribution in [1.82, 2.24) is 4.90 Å². The van der Waals surface area contributed by atoms with Gasteiger partial charge in [-0.3, -0.25) is 9.59 Å². The fraction of sp³-hybridized carbons (Fsp3) is 0.579. The first-order valence-electron chi connectivity index (χ1n) is 8.68. The van der Waals surface area contributed by atoms with E-state index in [1.54, 1.807) is 7.11 Å². The number of piperidine rings is 1. The highest BCUT2D eigenvalue weighted by molar-refractivity contribution is 5.92. The molecule has 1 aliphatic carbocycles. The first-order chi connectivity index (χ1) is 11.5. The molecule has 2 fully saturated rings. The summed E-state index contributed by atoms with van der Waals surface area (Å²) in [6.45, 7) is 1.60. The third-order valence-corrected chi connectivity index (χ3v) is 5.66. The molecule has 2 N–H and O–H groups in total. The van der Waals surface area contributed by atoms with E-state index in [2.05, 4.69) is 0 Å². The Morgan fingerprint density at radius 1 is 1.21 bits per heavy atom. The second-order valence-electron chi connectivity index (χ2n) is 7.17. The predicted octanol–water partition coefficient (Wildman–Crippen LogP) is 1.85. The fourth-order valence-corrected chi connectivity index (χ4v) is 3.94. The van der Waals surface area contributed by atoms with Gasteiger partial charge in [0.05, 0.1) is 10.8 Å². The van der Waals surface area contributed by atoms with Gasteiger partial charge in [-0.2, -0.15) is 0 Å². The molecule has 1 aliphatic heterocycles. The van der Waals surface area contributed by atoms with Crippen LogP contribution < -0.4 is 5.73 Å². The van der Waals surface area contributed by atoms with Crippen molar-refractivity contribution < 1.29 is 14.3 Å². The van der Waals surface area contributed by atoms with E-state index >= 15 is 0 Å². The largest absolute Gasteiger partial charge is 0.385 e. The van der Waals surface area contributed by atoms with Crippen molar-refractivity contribution >= 4 is 11.8 Å². The summed E-state index contributed by atoms with van der Waals surface area (Å²) in [5.74, 6) is -0.168. The summed E-state index contributed by atoms with van der Waals surface area (Å²) in [6.07, 6.45) is 3.88. The number of likely N-dealkylation sites (tertiary alicyclic amines) is 1. The molecule has 1 saturated carbocycles. The molecule has 24 heavy (non-hydrogen) atoms. The third-order valence-electron chi connectivity index (χ3n) is 5.66. The van der Waals surface area contributed by atoms with Crippen LogP contribution in [0.3, 0.4) is 0 Å². The zero-order chi connectivity index (χ0) is 17.2. The van der Waals surface area contributed by atoms with E-state index in [9.17, 15) is 9.59 Å². The van der Waals surface area contributed by atoms with Gasteiger partial charge in [0, 0.05) is 26.8 Å². The maximum Gasteiger partial charge on any atom is 0.233 e. The Bertz CT molecular complexity index is 612. The lowest BCUT2D eigenvalue weighted by Crippen LogP contribution is -2.54. The zero-order valence-corrected chi connectivity index (χ0v) is 14.3. The van der Waals surface area contributed by atoms with Crippen molar-refractivity contribution in [3.63, 3.8) is 0 Å². The van der Waals surface area contributed by atoms with E-state index in [4.69, 9.17) is 10.5 Å². The van der Waals surface area contributed by atoms with E-state index in [1.165, 1.54) is 0 Å². The molecule has 1 aromatic rings. The Morgan fingerprint density at radius 2 is 1.92 bits per heavy atom. The Balaban J connectivity index is 1.79. The van der Waals surface area contributed by atoms with Gasteiger partial charge in [0.2, 0.25) is 11.8 Å². The molecule has 3 rings (SSSR count). The third kappa shape index (κ3) is 2.93. The molecule has 1 heterocycles. The average molecular weight is 330 g/mol. The number of carbonyl (C=O) groups excluding carboxylic acids is 2. The van der Waals surface area contributed by atoms with Crippen LogP contribution in [0.1, 0.15) is 37.7 Å². The molecule has 5 nitrogen and oxygen atoms in total. The minimum atomic E-state index is -0.656. The normalized spacial score (nSPS) is 25.3. The van der Waals surface area contributed by atoms with Gasteiger partial charge in [-0.1, -0.05) is 30.3 Å². The summed E-state index contributed by atoms with van der Waals surface area (Å²) in [6, 6.07) is 9.98. The number of hydrogen-bond acceptors (Lipinski definition) is 3. The molecule has 1 atom stereocenters. The van der Waals surface area contributed by atoms with E-state index in [0.717, 1.165) is 31.2 Å². The first-order valence-corrected chi connectivity index (χ1v) is 8.68. The molecular formula is C19H26N2O3. The number of hydrogen-bond donors (Lipinski definition) is 1. The molecule has 0 radical (unpaired) electrons. The monoisotopic (exact) mass is 330 g/mol. The average Bonchev–Trinajstić information content (AvgIpc) is 3.42. The van der Waals surface area contributed by atoms with E-state index in [-0.39, 0.29) is 17.2 Å². The Kier molecular flexibility index (Phi) is 4.63. The number of carbonyl (C=O) groups is 2. The van der Waals surface area contributed by atoms with Crippen LogP contribution in [0, 0.1) is 5.41 Å². The summed E-state index contributed by atoms with van der Waals surface area (Å²) in [5.41, 5.74) is 5.75. The van der Waals surface area contributed by atoms with Crippen molar-refractivity contribution in [2.75, 3.05) is 26.8 Å². The van der Waals surface area contributed by atoms with E-state index in [0.29, 0.717) is 26.1 Å². The Morgan fingerprint density at radius 3 is 2.50 bits per heavy atom. The molecule has 2 aliphatic rings. The summed E-state index contributed by atoms with van der Waals surface area (Å²) >= 11 is 0. The second kappa shape index (κ2) is 6.55. The number of nitrogens with two attached hydrogens (primary N) is 1. The topological polar surface area (TPSA) is 72.6 Å². The van der Waals surface area contributed by atoms with Crippen LogP contribution in [0.15, 0.2) is 30.3 Å². The summed E-state index contributed by atoms with van der Waals surface area (Å²) in [5, 5.41) is 0. The second-order valence-corrected chi connectivity index (χ2v) is 7.17. The number of primary amides is 1. The van der Waals surface area contributed by atoms with Gasteiger partial charge in [-0.05, 0) is 37.7 Å². The number of methoxy groups -OCH3 is 1. The van der Waals surface area contributed by atoms with Crippen LogP contribution in [0.2, 0.25) is 0 Å². The quantitative estimate of drug-likeness (QED) is 0.865. The van der Waals surface area contributed by atoms with Gasteiger partial charge in [0.1, 0.15) is 0 Å². The first kappa shape index (κ1) is 17.0. The van der Waals surface area contributed by atoms with Gasteiger partial charge < -0.3 is 15.4 Å². The number of nitrogens with zero attached hydrogens (tertiary/aromatic N) is 1. The SMILES string of the molecule is COCCC1(C(N)=O)CCCN(C(=O)C2(c3ccccc3)CC2)C1. The van der Waals surface area contributed by atoms with Crippen LogP contribution in [0.5, 0.6) is 0 Å². The smallest absolute Gasteiger partial charge is 0.233 e. The minimum absolute atomic E-state index is 0.149. The standard InChI is InChI=1S/C19H26N2O3/c1-24-13-11-18(16(20)22)8-5-12-21(14-18)17(23)19(9-10-19)15-6-3-2-4-7-15/h2-4,6-7H,5,8-14H2,1H3,(H2,20,22). The van der Waals surface area contributed by atoms with Gasteiger partial charge in [-0.25, -0.2) is 0 Å². The highest BCUT2D eigenvalue weighted by Gasteiger charge is 2.54. The zero-order valence-electron chi connectivity index (χ0n) is 14.3. The molecule has 5 heteroatoms. The van der Waals surface area contributed by atoms with E-state index in [1.807, 2.05) is 35.2 Å². The Hall–Kier alpha value is -1.88. The molecule has 1 unspecified atom stereocenters. The van der Waals surface area contributed by atoms with Crippen LogP contribution in [-0.2, 0) is 19.7 Å². The number of amides is 2. The molecule has 1 saturated heterocycles. The lowest BCUT2D eigenvalue weighted by molar-refractivity contribution is -0.142. The van der Waals surface area contributed by atoms with Crippen LogP contribution >= 0.6 is 0 Å². The van der Waals surface area contributed by atoms with Crippen LogP contribution in [0.25, 0.3) is 0 Å². The van der Waals surface area contributed by atoms with Crippen LogP contribution in [0.4, 0.5) is 0 Å². The van der Waals surface area contributed by atoms with Crippen molar-refractivity contribution in [1.29, 1.82) is 0 Å². The lowest BCUT2D eigenvalue weighted by atomic mass is 9.76. The molecule has 0 bridgehead atoms. The van der Waals surface area contributed by atoms with Crippen molar-refractivity contribution in [2.45, 2.75) is 37.5 Å². The number of benzene rings is 1. The maximum absolute atomic E-state index is 13.2. The predicted molar refractivity (Wildman–Crippen MR) is 91.3 cm³/mol. The van der Waals surface area contributed by atoms with Gasteiger partial charge in [-0.15, -0.1) is 0 Å². The molecule has 1 aromatic carbocycles. The van der Waals surface area contributed by atoms with Crippen molar-refractivity contribution in [3.05, 3.63) is 35.9 Å². The summed E-state index contributed by atoms with van der Waals surface area (Å²) in [4.78, 5) is 27.2. The van der Waals surface area contributed by atoms with Crippen LogP contribution in [-0.4, -0.2) is 43.5 Å². The van der Waals surface area contributed by atoms with Crippen molar-refractivity contribution in [3.8, 4) is 0 Å².